The molecule has 15 heavy (non-hydrogen) atoms. The van der Waals surface area contributed by atoms with Crippen molar-refractivity contribution in [1.29, 1.82) is 0 Å². The molecule has 0 heterocycles. The molecule has 0 aliphatic heterocycles. The Kier molecular flexibility index (Phi) is 7.91. The van der Waals surface area contributed by atoms with E-state index in [1.165, 1.54) is 0 Å². The summed E-state index contributed by atoms with van der Waals surface area (Å²) in [6.45, 7) is 4.75. The Balaban J connectivity index is 0. The highest BCUT2D eigenvalue weighted by Crippen LogP contribution is 2.14. The number of hydrogen-bond donors (Lipinski definition) is 0. The Morgan fingerprint density at radius 2 is 1.07 bits per heavy atom. The molecule has 0 unspecified atom stereocenters. The molecule has 0 aromatic carbocycles. The molecule has 0 atom stereocenters. The summed E-state index contributed by atoms with van der Waals surface area (Å²) in [6.07, 6.45) is 0. The Bertz CT molecular complexity index is 142. The summed E-state index contributed by atoms with van der Waals surface area (Å²) in [4.78, 5) is 0. The average Bonchev–Trinajstić information content (AvgIpc) is 2.05. The molecule has 0 aliphatic rings. The molecule has 0 fully saturated rings. The first-order chi connectivity index (χ1) is 6.63. The molecule has 0 bridgehead atoms. The van der Waals surface area contributed by atoms with E-state index in [1.54, 1.807) is 20.8 Å². The first-order valence-electron chi connectivity index (χ1n) is 4.64. The van der Waals surface area contributed by atoms with E-state index in [4.69, 9.17) is 0 Å². The van der Waals surface area contributed by atoms with Gasteiger partial charge in [0.15, 0.2) is 0 Å². The van der Waals surface area contributed by atoms with Gasteiger partial charge in [0.05, 0.1) is 19.6 Å². The lowest BCUT2D eigenvalue weighted by Crippen LogP contribution is -2.51. The van der Waals surface area contributed by atoms with E-state index in [2.05, 4.69) is 0 Å². The second-order valence-corrected chi connectivity index (χ2v) is 2.94. The predicted molar refractivity (Wildman–Crippen MR) is 48.1 cm³/mol. The highest BCUT2D eigenvalue weighted by Gasteiger charge is 2.31. The maximum Gasteiger partial charge on any atom is 0.673 e. The van der Waals surface area contributed by atoms with Gasteiger partial charge in [0.25, 0.3) is 0 Å². The molecule has 1 nitrogen and oxygen atoms in total. The molecular weight excluding hydrogens is 223 g/mol. The number of hydrogen-bond acceptors (Lipinski definition) is 0. The van der Waals surface area contributed by atoms with Crippen molar-refractivity contribution in [3.8, 4) is 0 Å². The van der Waals surface area contributed by atoms with Crippen molar-refractivity contribution in [1.82, 2.24) is 0 Å². The number of halogens is 6. The van der Waals surface area contributed by atoms with Crippen LogP contribution in [-0.2, 0) is 0 Å². The van der Waals surface area contributed by atoms with Gasteiger partial charge in [0, 0.05) is 0 Å². The fourth-order valence-electron chi connectivity index (χ4n) is 1.08. The molecule has 0 spiro atoms. The molecule has 0 aliphatic carbocycles. The van der Waals surface area contributed by atoms with Crippen LogP contribution in [0.4, 0.5) is 26.0 Å². The zero-order valence-electron chi connectivity index (χ0n) is 8.99. The zero-order chi connectivity index (χ0) is 12.7. The average molecular weight is 239 g/mol. The largest absolute Gasteiger partial charge is 0.673 e. The Hall–Kier alpha value is -0.395. The van der Waals surface area contributed by atoms with E-state index in [-0.39, 0.29) is 4.48 Å². The lowest BCUT2D eigenvalue weighted by molar-refractivity contribution is -0.974. The molecule has 0 saturated carbocycles. The van der Waals surface area contributed by atoms with Crippen LogP contribution < -0.4 is 0 Å². The molecule has 0 N–H and O–H groups in total. The molecule has 0 radical (unpaired) electrons. The van der Waals surface area contributed by atoms with Crippen LogP contribution >= 0.6 is 0 Å². The minimum absolute atomic E-state index is 0.0694. The first-order valence-corrected chi connectivity index (χ1v) is 4.64. The molecule has 0 rings (SSSR count). The Labute approximate surface area is 85.8 Å². The van der Waals surface area contributed by atoms with E-state index in [0.717, 1.165) is 0 Å². The Morgan fingerprint density at radius 3 is 1.07 bits per heavy atom. The second-order valence-electron chi connectivity index (χ2n) is 2.94. The van der Waals surface area contributed by atoms with E-state index in [0.29, 0.717) is 19.6 Å². The van der Waals surface area contributed by atoms with Crippen LogP contribution in [0.3, 0.4) is 0 Å². The second kappa shape index (κ2) is 6.97. The topological polar surface area (TPSA) is 0 Å². The smallest absolute Gasteiger partial charge is 0.418 e. The highest BCUT2D eigenvalue weighted by atomic mass is 19.5. The van der Waals surface area contributed by atoms with E-state index >= 15 is 0 Å². The minimum Gasteiger partial charge on any atom is -0.418 e. The van der Waals surface area contributed by atoms with Crippen LogP contribution in [0.15, 0.2) is 0 Å². The lowest BCUT2D eigenvalue weighted by Gasteiger charge is -2.33. The van der Waals surface area contributed by atoms with Gasteiger partial charge >= 0.3 is 13.8 Å². The summed E-state index contributed by atoms with van der Waals surface area (Å²) < 4.78 is 63.6. The van der Waals surface area contributed by atoms with Crippen molar-refractivity contribution in [3.63, 3.8) is 0 Å². The molecule has 94 valence electrons. The van der Waals surface area contributed by atoms with E-state index in [9.17, 15) is 26.0 Å². The van der Waals surface area contributed by atoms with E-state index in [1.807, 2.05) is 0 Å². The number of quaternary nitrogens is 1. The van der Waals surface area contributed by atoms with Gasteiger partial charge in [-0.3, -0.25) is 4.48 Å². The third kappa shape index (κ3) is 8.59. The van der Waals surface area contributed by atoms with Crippen molar-refractivity contribution in [2.24, 2.45) is 0 Å². The number of alkyl halides is 2. The van der Waals surface area contributed by atoms with Crippen LogP contribution in [-0.4, -0.2) is 37.9 Å². The Morgan fingerprint density at radius 1 is 0.867 bits per heavy atom. The fraction of sp³-hybridized carbons (Fsp3) is 1.00. The van der Waals surface area contributed by atoms with Gasteiger partial charge in [-0.1, -0.05) is 0 Å². The summed E-state index contributed by atoms with van der Waals surface area (Å²) in [5, 5.41) is 0. The minimum atomic E-state index is -6.00. The molecule has 0 saturated heterocycles. The van der Waals surface area contributed by atoms with Gasteiger partial charge in [-0.25, -0.2) is 0 Å². The normalized spacial score (nSPS) is 12.4. The predicted octanol–water partition coefficient (Wildman–Crippen LogP) is 3.39. The van der Waals surface area contributed by atoms with Crippen LogP contribution in [0, 0.1) is 0 Å². The maximum absolute atomic E-state index is 12.3. The van der Waals surface area contributed by atoms with Gasteiger partial charge in [-0.15, -0.1) is 0 Å². The van der Waals surface area contributed by atoms with Crippen molar-refractivity contribution >= 4 is 7.25 Å². The summed E-state index contributed by atoms with van der Waals surface area (Å²) in [5.41, 5.74) is 0. The molecule has 8 heteroatoms. The lowest BCUT2D eigenvalue weighted by atomic mass is 10.3. The van der Waals surface area contributed by atoms with Gasteiger partial charge in [0.1, 0.15) is 0 Å². The van der Waals surface area contributed by atoms with Gasteiger partial charge in [-0.2, -0.15) is 8.78 Å². The van der Waals surface area contributed by atoms with Crippen LogP contribution in [0.5, 0.6) is 0 Å². The standard InChI is InChI=1S/C7H16F2N.BF4/c1-4-10(5-2,6-3)7(8)9;2-1(3,4)5/h7H,4-6H2,1-3H3;/q+1;-1. The van der Waals surface area contributed by atoms with Crippen LogP contribution in [0.2, 0.25) is 0 Å². The SMILES string of the molecule is CC[N+](CC)(CC)C(F)F.F[B-](F)(F)F. The fourth-order valence-corrected chi connectivity index (χ4v) is 1.08. The molecule has 0 amide bonds. The first kappa shape index (κ1) is 17.0. The number of rotatable bonds is 4. The quantitative estimate of drug-likeness (QED) is 0.305. The van der Waals surface area contributed by atoms with Crippen LogP contribution in [0.1, 0.15) is 20.8 Å². The van der Waals surface area contributed by atoms with Crippen molar-refractivity contribution in [2.75, 3.05) is 19.6 Å². The third-order valence-electron chi connectivity index (χ3n) is 2.30. The summed E-state index contributed by atoms with van der Waals surface area (Å²) in [5.74, 6) is 0. The van der Waals surface area contributed by atoms with Crippen molar-refractivity contribution < 1.29 is 30.5 Å². The molecule has 0 aromatic rings. The molecule has 0 aromatic heterocycles. The summed E-state index contributed by atoms with van der Waals surface area (Å²) in [6, 6.07) is 0. The zero-order valence-corrected chi connectivity index (χ0v) is 8.99. The highest BCUT2D eigenvalue weighted by molar-refractivity contribution is 6.50. The van der Waals surface area contributed by atoms with E-state index < -0.39 is 13.8 Å². The van der Waals surface area contributed by atoms with Crippen molar-refractivity contribution in [2.45, 2.75) is 27.3 Å². The van der Waals surface area contributed by atoms with Crippen LogP contribution in [0.25, 0.3) is 0 Å². The van der Waals surface area contributed by atoms with Gasteiger partial charge in [0.2, 0.25) is 0 Å². The molecular formula is C7H16BF6N. The van der Waals surface area contributed by atoms with Crippen molar-refractivity contribution in [3.05, 3.63) is 0 Å². The van der Waals surface area contributed by atoms with Gasteiger partial charge < -0.3 is 17.3 Å². The monoisotopic (exact) mass is 239 g/mol. The summed E-state index contributed by atoms with van der Waals surface area (Å²) >= 11 is 0. The number of nitrogens with zero attached hydrogens (tertiary/aromatic N) is 1. The summed E-state index contributed by atoms with van der Waals surface area (Å²) in [7, 11) is -6.00. The van der Waals surface area contributed by atoms with Gasteiger partial charge in [-0.05, 0) is 20.8 Å². The maximum atomic E-state index is 12.3. The third-order valence-corrected chi connectivity index (χ3v) is 2.30.